The van der Waals surface area contributed by atoms with Gasteiger partial charge in [0.2, 0.25) is 0 Å². The van der Waals surface area contributed by atoms with Gasteiger partial charge in [0.1, 0.15) is 4.64 Å². The highest BCUT2D eigenvalue weighted by atomic mass is 32.2. The lowest BCUT2D eigenvalue weighted by atomic mass is 9.99. The monoisotopic (exact) mass is 405 g/mol. The summed E-state index contributed by atoms with van der Waals surface area (Å²) in [5, 5.41) is 0. The fraction of sp³-hybridized carbons (Fsp3) is 0.524. The van der Waals surface area contributed by atoms with E-state index < -0.39 is 0 Å². The molecule has 0 bridgehead atoms. The van der Waals surface area contributed by atoms with Gasteiger partial charge in [0.15, 0.2) is 0 Å². The summed E-state index contributed by atoms with van der Waals surface area (Å²) in [5.41, 5.74) is 8.91. The fourth-order valence-corrected chi connectivity index (χ4v) is 4.18. The van der Waals surface area contributed by atoms with Crippen LogP contribution < -0.4 is 11.4 Å². The summed E-state index contributed by atoms with van der Waals surface area (Å²) >= 11 is 7.12. The third kappa shape index (κ3) is 6.25. The van der Waals surface area contributed by atoms with Gasteiger partial charge in [0.05, 0.1) is 11.4 Å². The van der Waals surface area contributed by atoms with Crippen LogP contribution in [0.15, 0.2) is 39.6 Å². The lowest BCUT2D eigenvalue weighted by Crippen LogP contribution is -2.31. The molecule has 1 aliphatic carbocycles. The third-order valence-corrected chi connectivity index (χ3v) is 6.51. The van der Waals surface area contributed by atoms with E-state index in [2.05, 4.69) is 31.2 Å². The molecule has 27 heavy (non-hydrogen) atoms. The van der Waals surface area contributed by atoms with E-state index in [1.165, 1.54) is 41.6 Å². The Morgan fingerprint density at radius 1 is 1.26 bits per heavy atom. The van der Waals surface area contributed by atoms with E-state index in [4.69, 9.17) is 18.0 Å². The number of hydrogen-bond donors (Lipinski definition) is 1. The van der Waals surface area contributed by atoms with E-state index >= 15 is 0 Å². The highest BCUT2D eigenvalue weighted by Gasteiger charge is 2.09. The molecule has 0 spiro atoms. The summed E-state index contributed by atoms with van der Waals surface area (Å²) in [6.45, 7) is 2.12. The molecule has 2 rings (SSSR count). The molecule has 0 saturated heterocycles. The SMILES string of the molecule is C/C(=C\Cc1c(N)c(=S)n(C)c(=O)n1C)SCC/C=C1\CC/C=C/CCC1. The van der Waals surface area contributed by atoms with Crippen molar-refractivity contribution in [1.82, 2.24) is 9.13 Å². The van der Waals surface area contributed by atoms with E-state index in [9.17, 15) is 4.79 Å². The summed E-state index contributed by atoms with van der Waals surface area (Å²) in [7, 11) is 3.40. The summed E-state index contributed by atoms with van der Waals surface area (Å²) < 4.78 is 3.41. The second kappa shape index (κ2) is 10.7. The molecule has 0 saturated carbocycles. The molecule has 0 amide bonds. The number of nitrogens with zero attached hydrogens (tertiary/aromatic N) is 2. The van der Waals surface area contributed by atoms with Crippen LogP contribution in [0.2, 0.25) is 0 Å². The van der Waals surface area contributed by atoms with Crippen LogP contribution in [0.5, 0.6) is 0 Å². The molecule has 1 aromatic rings. The topological polar surface area (TPSA) is 52.9 Å². The minimum atomic E-state index is -0.136. The molecule has 0 aliphatic heterocycles. The molecule has 0 radical (unpaired) electrons. The first-order valence-corrected chi connectivity index (χ1v) is 11.0. The average Bonchev–Trinajstić information content (AvgIpc) is 2.63. The number of thioether (sulfide) groups is 1. The Bertz CT molecular complexity index is 822. The molecule has 0 atom stereocenters. The lowest BCUT2D eigenvalue weighted by Gasteiger charge is -2.12. The Balaban J connectivity index is 1.91. The standard InChI is InChI=1S/C21H31N3OS2/c1-16(27-15-9-12-17-10-7-5-4-6-8-11-17)13-14-18-19(22)20(26)24(3)21(25)23(18)2/h4-5,12-13H,6-11,14-15,22H2,1-3H3/b5-4+,16-13+,17-12+. The van der Waals surface area contributed by atoms with Crippen LogP contribution in [0.3, 0.4) is 0 Å². The Kier molecular flexibility index (Phi) is 8.64. The Hall–Kier alpha value is -1.53. The molecule has 148 valence electrons. The molecule has 2 N–H and O–H groups in total. The van der Waals surface area contributed by atoms with E-state index in [-0.39, 0.29) is 5.69 Å². The minimum absolute atomic E-state index is 0.136. The van der Waals surface area contributed by atoms with Gasteiger partial charge in [-0.05, 0) is 50.4 Å². The predicted octanol–water partition coefficient (Wildman–Crippen LogP) is 5.05. The number of nitrogen functional groups attached to an aromatic ring is 1. The van der Waals surface area contributed by atoms with Gasteiger partial charge in [-0.1, -0.05) is 42.1 Å². The van der Waals surface area contributed by atoms with Gasteiger partial charge < -0.3 is 5.73 Å². The number of rotatable bonds is 6. The molecule has 0 unspecified atom stereocenters. The molecule has 4 nitrogen and oxygen atoms in total. The van der Waals surface area contributed by atoms with E-state index in [0.717, 1.165) is 17.9 Å². The zero-order chi connectivity index (χ0) is 19.8. The van der Waals surface area contributed by atoms with Crippen molar-refractivity contribution in [2.75, 3.05) is 11.5 Å². The quantitative estimate of drug-likeness (QED) is 0.409. The fourth-order valence-electron chi connectivity index (χ4n) is 3.22. The Morgan fingerprint density at radius 2 is 2.00 bits per heavy atom. The third-order valence-electron chi connectivity index (χ3n) is 4.96. The van der Waals surface area contributed by atoms with Crippen molar-refractivity contribution in [3.8, 4) is 0 Å². The minimum Gasteiger partial charge on any atom is -0.395 e. The first-order valence-electron chi connectivity index (χ1n) is 9.58. The number of anilines is 1. The molecule has 0 aromatic carbocycles. The Labute approximate surface area is 171 Å². The van der Waals surface area contributed by atoms with Gasteiger partial charge in [-0.2, -0.15) is 0 Å². The van der Waals surface area contributed by atoms with Crippen LogP contribution in [0, 0.1) is 4.64 Å². The van der Waals surface area contributed by atoms with Gasteiger partial charge in [0, 0.05) is 26.3 Å². The number of allylic oxidation sites excluding steroid dienone is 6. The van der Waals surface area contributed by atoms with Gasteiger partial charge in [0.25, 0.3) is 0 Å². The predicted molar refractivity (Wildman–Crippen MR) is 121 cm³/mol. The van der Waals surface area contributed by atoms with Gasteiger partial charge >= 0.3 is 5.69 Å². The molecular formula is C21H31N3OS2. The smallest absolute Gasteiger partial charge is 0.328 e. The molecule has 6 heteroatoms. The van der Waals surface area contributed by atoms with Gasteiger partial charge in [-0.15, -0.1) is 11.8 Å². The van der Waals surface area contributed by atoms with Crippen LogP contribution in [-0.4, -0.2) is 14.9 Å². The van der Waals surface area contributed by atoms with E-state index in [0.29, 0.717) is 16.7 Å². The number of nitrogens with two attached hydrogens (primary N) is 1. The second-order valence-electron chi connectivity index (χ2n) is 6.99. The zero-order valence-electron chi connectivity index (χ0n) is 16.7. The zero-order valence-corrected chi connectivity index (χ0v) is 18.3. The van der Waals surface area contributed by atoms with E-state index in [1.807, 2.05) is 11.8 Å². The first kappa shape index (κ1) is 21.8. The second-order valence-corrected chi connectivity index (χ2v) is 8.71. The summed E-state index contributed by atoms with van der Waals surface area (Å²) in [4.78, 5) is 13.4. The highest BCUT2D eigenvalue weighted by Crippen LogP contribution is 2.22. The molecule has 0 fully saturated rings. The highest BCUT2D eigenvalue weighted by molar-refractivity contribution is 8.03. The van der Waals surface area contributed by atoms with Gasteiger partial charge in [-0.3, -0.25) is 9.13 Å². The Morgan fingerprint density at radius 3 is 2.78 bits per heavy atom. The summed E-state index contributed by atoms with van der Waals surface area (Å²) in [6.07, 6.45) is 17.0. The van der Waals surface area contributed by atoms with Gasteiger partial charge in [-0.25, -0.2) is 4.79 Å². The largest absolute Gasteiger partial charge is 0.395 e. The molecular weight excluding hydrogens is 374 g/mol. The summed E-state index contributed by atoms with van der Waals surface area (Å²) in [5.74, 6) is 1.08. The summed E-state index contributed by atoms with van der Waals surface area (Å²) in [6, 6.07) is 0. The molecule has 1 aromatic heterocycles. The van der Waals surface area contributed by atoms with Crippen LogP contribution >= 0.6 is 24.0 Å². The normalized spacial score (nSPS) is 18.3. The average molecular weight is 406 g/mol. The maximum atomic E-state index is 12.2. The maximum Gasteiger partial charge on any atom is 0.328 e. The van der Waals surface area contributed by atoms with Crippen molar-refractivity contribution in [2.45, 2.75) is 51.9 Å². The number of hydrogen-bond acceptors (Lipinski definition) is 4. The first-order chi connectivity index (χ1) is 12.9. The number of aromatic nitrogens is 2. The van der Waals surface area contributed by atoms with Crippen molar-refractivity contribution < 1.29 is 0 Å². The van der Waals surface area contributed by atoms with Crippen molar-refractivity contribution in [3.63, 3.8) is 0 Å². The van der Waals surface area contributed by atoms with E-state index in [1.54, 1.807) is 24.2 Å². The van der Waals surface area contributed by atoms with Crippen LogP contribution in [-0.2, 0) is 20.5 Å². The maximum absolute atomic E-state index is 12.2. The lowest BCUT2D eigenvalue weighted by molar-refractivity contribution is 0.675. The van der Waals surface area contributed by atoms with Crippen molar-refractivity contribution in [1.29, 1.82) is 0 Å². The van der Waals surface area contributed by atoms with Crippen molar-refractivity contribution >= 4 is 29.7 Å². The van der Waals surface area contributed by atoms with Crippen molar-refractivity contribution in [2.24, 2.45) is 14.1 Å². The van der Waals surface area contributed by atoms with Crippen LogP contribution in [0.25, 0.3) is 0 Å². The van der Waals surface area contributed by atoms with Crippen LogP contribution in [0.4, 0.5) is 5.69 Å². The molecule has 1 aliphatic rings. The van der Waals surface area contributed by atoms with Crippen molar-refractivity contribution in [3.05, 3.63) is 55.6 Å². The van der Waals surface area contributed by atoms with Crippen LogP contribution in [0.1, 0.15) is 51.1 Å². The molecule has 1 heterocycles.